The molecule has 3 rings (SSSR count). The van der Waals surface area contributed by atoms with Crippen molar-refractivity contribution in [2.75, 3.05) is 13.3 Å². The fourth-order valence-electron chi connectivity index (χ4n) is 3.16. The van der Waals surface area contributed by atoms with E-state index in [0.717, 1.165) is 5.56 Å². The lowest BCUT2D eigenvalue weighted by molar-refractivity contribution is 0.0917. The van der Waals surface area contributed by atoms with Crippen molar-refractivity contribution in [3.63, 3.8) is 0 Å². The van der Waals surface area contributed by atoms with Crippen LogP contribution in [-0.4, -0.2) is 49.8 Å². The molecule has 7 nitrogen and oxygen atoms in total. The number of hydrogen-bond donors (Lipinski definition) is 2. The van der Waals surface area contributed by atoms with Gasteiger partial charge in [0.2, 0.25) is 0 Å². The first-order chi connectivity index (χ1) is 13.3. The van der Waals surface area contributed by atoms with Gasteiger partial charge in [0.1, 0.15) is 15.5 Å². The number of nitrogens with zero attached hydrogens (tertiary/aromatic N) is 1. The van der Waals surface area contributed by atoms with Gasteiger partial charge >= 0.3 is 0 Å². The van der Waals surface area contributed by atoms with E-state index < -0.39 is 15.1 Å². The molecule has 1 saturated carbocycles. The number of rotatable bonds is 6. The van der Waals surface area contributed by atoms with E-state index in [4.69, 9.17) is 0 Å². The number of benzene rings is 1. The summed E-state index contributed by atoms with van der Waals surface area (Å²) in [5.41, 5.74) is 2.14. The smallest absolute Gasteiger partial charge is 0.269 e. The number of sulfone groups is 1. The van der Waals surface area contributed by atoms with Crippen LogP contribution in [0.4, 0.5) is 0 Å². The van der Waals surface area contributed by atoms with Crippen molar-refractivity contribution in [1.82, 2.24) is 15.6 Å². The highest BCUT2D eigenvalue weighted by Gasteiger charge is 2.37. The summed E-state index contributed by atoms with van der Waals surface area (Å²) in [4.78, 5) is 29.1. The normalized spacial score (nSPS) is 18.8. The maximum absolute atomic E-state index is 12.7. The Bertz CT molecular complexity index is 984. The first-order valence-corrected chi connectivity index (χ1v) is 11.0. The largest absolute Gasteiger partial charge is 0.354 e. The highest BCUT2D eigenvalue weighted by Crippen LogP contribution is 2.26. The van der Waals surface area contributed by atoms with Crippen molar-refractivity contribution >= 4 is 21.7 Å². The van der Waals surface area contributed by atoms with E-state index in [1.165, 1.54) is 19.4 Å². The van der Waals surface area contributed by atoms with E-state index in [0.29, 0.717) is 30.5 Å². The van der Waals surface area contributed by atoms with Gasteiger partial charge in [0.25, 0.3) is 11.8 Å². The second-order valence-electron chi connectivity index (χ2n) is 7.07. The molecule has 0 spiro atoms. The molecule has 1 aromatic carbocycles. The third-order valence-corrected chi connectivity index (χ3v) is 6.46. The standard InChI is InChI=1S/C20H23N3O4S/c1-21-20(25)18-10-14(9-15(22-18)8-13-6-4-3-5-7-13)19(24)23-16-11-17(12-16)28(2,26)27/h3-7,9-10,16-17H,8,11-12H2,1-2H3,(H,21,25)(H,23,24)/t16-,17-. The molecule has 1 heterocycles. The zero-order valence-electron chi connectivity index (χ0n) is 15.8. The van der Waals surface area contributed by atoms with E-state index in [1.54, 1.807) is 6.07 Å². The molecule has 2 amide bonds. The second-order valence-corrected chi connectivity index (χ2v) is 9.39. The minimum atomic E-state index is -3.08. The number of pyridine rings is 1. The van der Waals surface area contributed by atoms with Crippen LogP contribution < -0.4 is 10.6 Å². The summed E-state index contributed by atoms with van der Waals surface area (Å²) >= 11 is 0. The number of nitrogens with one attached hydrogen (secondary N) is 2. The molecule has 0 unspecified atom stereocenters. The van der Waals surface area contributed by atoms with Gasteiger partial charge in [-0.1, -0.05) is 30.3 Å². The van der Waals surface area contributed by atoms with Gasteiger partial charge in [-0.05, 0) is 30.5 Å². The molecule has 0 aliphatic heterocycles. The van der Waals surface area contributed by atoms with E-state index in [9.17, 15) is 18.0 Å². The van der Waals surface area contributed by atoms with Crippen molar-refractivity contribution in [2.45, 2.75) is 30.6 Å². The van der Waals surface area contributed by atoms with Crippen molar-refractivity contribution in [1.29, 1.82) is 0 Å². The molecule has 0 radical (unpaired) electrons. The summed E-state index contributed by atoms with van der Waals surface area (Å²) in [5, 5.41) is 4.97. The molecule has 2 N–H and O–H groups in total. The SMILES string of the molecule is CNC(=O)c1cc(C(=O)N[C@H]2C[C@H](S(C)(=O)=O)C2)cc(Cc2ccccc2)n1. The van der Waals surface area contributed by atoms with E-state index in [-0.39, 0.29) is 23.6 Å². The van der Waals surface area contributed by atoms with Crippen LogP contribution in [0.1, 0.15) is 44.9 Å². The molecule has 28 heavy (non-hydrogen) atoms. The van der Waals surface area contributed by atoms with E-state index in [1.807, 2.05) is 30.3 Å². The Labute approximate surface area is 164 Å². The summed E-state index contributed by atoms with van der Waals surface area (Å²) in [6, 6.07) is 12.6. The Kier molecular flexibility index (Phi) is 5.79. The zero-order chi connectivity index (χ0) is 20.3. The highest BCUT2D eigenvalue weighted by atomic mass is 32.2. The van der Waals surface area contributed by atoms with Crippen LogP contribution in [0.2, 0.25) is 0 Å². The molecule has 1 aliphatic rings. The topological polar surface area (TPSA) is 105 Å². The third kappa shape index (κ3) is 4.75. The molecule has 0 saturated heterocycles. The van der Waals surface area contributed by atoms with Crippen LogP contribution in [0.5, 0.6) is 0 Å². The van der Waals surface area contributed by atoms with Gasteiger partial charge in [0.15, 0.2) is 0 Å². The maximum atomic E-state index is 12.7. The summed E-state index contributed by atoms with van der Waals surface area (Å²) < 4.78 is 23.0. The Morgan fingerprint density at radius 2 is 1.79 bits per heavy atom. The predicted molar refractivity (Wildman–Crippen MR) is 106 cm³/mol. The summed E-state index contributed by atoms with van der Waals surface area (Å²) in [7, 11) is -1.57. The number of aromatic nitrogens is 1. The number of hydrogen-bond acceptors (Lipinski definition) is 5. The number of amides is 2. The quantitative estimate of drug-likeness (QED) is 0.760. The van der Waals surface area contributed by atoms with Crippen molar-refractivity contribution in [3.8, 4) is 0 Å². The van der Waals surface area contributed by atoms with Gasteiger partial charge in [-0.2, -0.15) is 0 Å². The monoisotopic (exact) mass is 401 g/mol. The first-order valence-electron chi connectivity index (χ1n) is 9.03. The van der Waals surface area contributed by atoms with Crippen molar-refractivity contribution in [3.05, 3.63) is 65.0 Å². The van der Waals surface area contributed by atoms with Crippen LogP contribution in [0.15, 0.2) is 42.5 Å². The predicted octanol–water partition coefficient (Wildman–Crippen LogP) is 1.34. The minimum absolute atomic E-state index is 0.170. The van der Waals surface area contributed by atoms with Crippen molar-refractivity contribution in [2.24, 2.45) is 0 Å². The lowest BCUT2D eigenvalue weighted by Gasteiger charge is -2.34. The second kappa shape index (κ2) is 8.10. The zero-order valence-corrected chi connectivity index (χ0v) is 16.6. The molecule has 1 aliphatic carbocycles. The summed E-state index contributed by atoms with van der Waals surface area (Å²) in [6.45, 7) is 0. The van der Waals surface area contributed by atoms with Gasteiger partial charge in [0, 0.05) is 37.0 Å². The van der Waals surface area contributed by atoms with E-state index in [2.05, 4.69) is 15.6 Å². The third-order valence-electron chi connectivity index (χ3n) is 4.86. The van der Waals surface area contributed by atoms with Crippen LogP contribution in [0, 0.1) is 0 Å². The minimum Gasteiger partial charge on any atom is -0.354 e. The van der Waals surface area contributed by atoms with Gasteiger partial charge in [-0.3, -0.25) is 9.59 Å². The van der Waals surface area contributed by atoms with Gasteiger partial charge in [-0.15, -0.1) is 0 Å². The molecule has 8 heteroatoms. The fourth-order valence-corrected chi connectivity index (χ4v) is 4.32. The summed E-state index contributed by atoms with van der Waals surface area (Å²) in [5.74, 6) is -0.705. The maximum Gasteiger partial charge on any atom is 0.269 e. The lowest BCUT2D eigenvalue weighted by Crippen LogP contribution is -2.49. The average Bonchev–Trinajstić information content (AvgIpc) is 2.63. The van der Waals surface area contributed by atoms with Gasteiger partial charge in [-0.25, -0.2) is 13.4 Å². The van der Waals surface area contributed by atoms with Gasteiger partial charge in [0.05, 0.1) is 5.25 Å². The van der Waals surface area contributed by atoms with Crippen LogP contribution >= 0.6 is 0 Å². The molecule has 1 fully saturated rings. The Morgan fingerprint density at radius 3 is 2.39 bits per heavy atom. The Balaban J connectivity index is 1.78. The van der Waals surface area contributed by atoms with Crippen LogP contribution in [0.25, 0.3) is 0 Å². The molecular weight excluding hydrogens is 378 g/mol. The first kappa shape index (κ1) is 20.0. The molecule has 148 valence electrons. The Hall–Kier alpha value is -2.74. The fraction of sp³-hybridized carbons (Fsp3) is 0.350. The number of carbonyl (C=O) groups is 2. The lowest BCUT2D eigenvalue weighted by atomic mass is 9.92. The molecule has 0 atom stereocenters. The highest BCUT2D eigenvalue weighted by molar-refractivity contribution is 7.91. The van der Waals surface area contributed by atoms with Gasteiger partial charge < -0.3 is 10.6 Å². The Morgan fingerprint density at radius 1 is 1.11 bits per heavy atom. The molecule has 1 aromatic heterocycles. The van der Waals surface area contributed by atoms with Crippen molar-refractivity contribution < 1.29 is 18.0 Å². The molecule has 2 aromatic rings. The average molecular weight is 401 g/mol. The number of carbonyl (C=O) groups excluding carboxylic acids is 2. The summed E-state index contributed by atoms with van der Waals surface area (Å²) in [6.07, 6.45) is 2.53. The molecule has 0 bridgehead atoms. The van der Waals surface area contributed by atoms with Crippen LogP contribution in [-0.2, 0) is 16.3 Å². The molecular formula is C20H23N3O4S. The van der Waals surface area contributed by atoms with Crippen LogP contribution in [0.3, 0.4) is 0 Å². The van der Waals surface area contributed by atoms with E-state index >= 15 is 0 Å².